The predicted molar refractivity (Wildman–Crippen MR) is 114 cm³/mol. The van der Waals surface area contributed by atoms with E-state index in [1.54, 1.807) is 42.1 Å². The summed E-state index contributed by atoms with van der Waals surface area (Å²) in [4.78, 5) is 35.4. The van der Waals surface area contributed by atoms with Gasteiger partial charge in [-0.15, -0.1) is 0 Å². The number of ether oxygens (including phenoxy) is 1. The van der Waals surface area contributed by atoms with Gasteiger partial charge in [-0.2, -0.15) is 0 Å². The topological polar surface area (TPSA) is 106 Å². The van der Waals surface area contributed by atoms with Crippen molar-refractivity contribution in [3.8, 4) is 11.3 Å². The molecule has 2 fully saturated rings. The number of carbonyl (C=O) groups is 1. The number of aromatic nitrogens is 5. The molecule has 0 bridgehead atoms. The number of carbonyl (C=O) groups excluding carboxylic acids is 1. The summed E-state index contributed by atoms with van der Waals surface area (Å²) in [6.07, 6.45) is 13.5. The zero-order valence-corrected chi connectivity index (χ0v) is 17.0. The Morgan fingerprint density at radius 3 is 2.58 bits per heavy atom. The fourth-order valence-corrected chi connectivity index (χ4v) is 4.22. The maximum atomic E-state index is 12.4. The zero-order chi connectivity index (χ0) is 21.1. The first kappa shape index (κ1) is 19.3. The van der Waals surface area contributed by atoms with Crippen molar-refractivity contribution in [1.29, 1.82) is 0 Å². The van der Waals surface area contributed by atoms with Crippen molar-refractivity contribution in [2.45, 2.75) is 31.3 Å². The maximum Gasteiger partial charge on any atom is 0.416 e. The summed E-state index contributed by atoms with van der Waals surface area (Å²) in [6.45, 7) is 1.36. The van der Waals surface area contributed by atoms with Crippen molar-refractivity contribution in [2.24, 2.45) is 5.92 Å². The van der Waals surface area contributed by atoms with Crippen molar-refractivity contribution in [2.75, 3.05) is 23.3 Å². The van der Waals surface area contributed by atoms with Crippen LogP contribution in [0.25, 0.3) is 11.3 Å². The molecule has 31 heavy (non-hydrogen) atoms. The lowest BCUT2D eigenvalue weighted by Gasteiger charge is -2.35. The molecule has 3 aromatic rings. The summed E-state index contributed by atoms with van der Waals surface area (Å²) in [5.74, 6) is 1.73. The van der Waals surface area contributed by atoms with Crippen LogP contribution in [0.15, 0.2) is 55.4 Å². The number of amides is 1. The zero-order valence-electron chi connectivity index (χ0n) is 17.0. The van der Waals surface area contributed by atoms with Crippen LogP contribution in [0, 0.1) is 5.92 Å². The van der Waals surface area contributed by atoms with Gasteiger partial charge < -0.3 is 10.1 Å². The minimum atomic E-state index is -0.403. The third kappa shape index (κ3) is 4.16. The van der Waals surface area contributed by atoms with E-state index in [9.17, 15) is 4.79 Å². The summed E-state index contributed by atoms with van der Waals surface area (Å²) in [6, 6.07) is 5.56. The number of pyridine rings is 1. The Morgan fingerprint density at radius 1 is 1.03 bits per heavy atom. The first-order valence-corrected chi connectivity index (χ1v) is 10.4. The minimum absolute atomic E-state index is 0.299. The molecule has 158 valence electrons. The van der Waals surface area contributed by atoms with Crippen molar-refractivity contribution in [3.63, 3.8) is 0 Å². The van der Waals surface area contributed by atoms with Crippen LogP contribution in [0.3, 0.4) is 0 Å². The molecule has 2 aliphatic rings. The van der Waals surface area contributed by atoms with E-state index in [0.717, 1.165) is 43.5 Å². The summed E-state index contributed by atoms with van der Waals surface area (Å²) in [5.41, 5.74) is 1.18. The molecule has 0 aromatic carbocycles. The molecule has 5 rings (SSSR count). The number of hydrogen-bond donors (Lipinski definition) is 1. The maximum absolute atomic E-state index is 12.4. The molecule has 0 atom stereocenters. The summed E-state index contributed by atoms with van der Waals surface area (Å²) in [5, 5.41) is 3.33. The Hall–Kier alpha value is -3.62. The van der Waals surface area contributed by atoms with Crippen LogP contribution in [0.2, 0.25) is 0 Å². The van der Waals surface area contributed by atoms with E-state index in [0.29, 0.717) is 24.2 Å². The minimum Gasteiger partial charge on any atom is -0.441 e. The van der Waals surface area contributed by atoms with Crippen molar-refractivity contribution >= 4 is 17.9 Å². The Morgan fingerprint density at radius 2 is 1.87 bits per heavy atom. The van der Waals surface area contributed by atoms with Gasteiger partial charge in [0.2, 0.25) is 5.95 Å². The van der Waals surface area contributed by atoms with E-state index >= 15 is 0 Å². The molecule has 1 saturated heterocycles. The summed E-state index contributed by atoms with van der Waals surface area (Å²) >= 11 is 0. The quantitative estimate of drug-likeness (QED) is 0.674. The van der Waals surface area contributed by atoms with Crippen LogP contribution < -0.4 is 10.2 Å². The van der Waals surface area contributed by atoms with Crippen molar-refractivity contribution < 1.29 is 9.53 Å². The Labute approximate surface area is 180 Å². The monoisotopic (exact) mass is 417 g/mol. The lowest BCUT2D eigenvalue weighted by molar-refractivity contribution is 0.0148. The second kappa shape index (κ2) is 8.25. The average Bonchev–Trinajstić information content (AvgIpc) is 3.16. The van der Waals surface area contributed by atoms with Gasteiger partial charge in [0.25, 0.3) is 0 Å². The van der Waals surface area contributed by atoms with Crippen LogP contribution in [0.5, 0.6) is 0 Å². The van der Waals surface area contributed by atoms with Gasteiger partial charge in [-0.25, -0.2) is 19.7 Å². The van der Waals surface area contributed by atoms with Crippen LogP contribution in [0.4, 0.5) is 16.6 Å². The second-order valence-corrected chi connectivity index (χ2v) is 8.04. The molecule has 1 saturated carbocycles. The van der Waals surface area contributed by atoms with E-state index < -0.39 is 5.60 Å². The molecule has 4 heterocycles. The molecule has 1 amide bonds. The highest BCUT2D eigenvalue weighted by molar-refractivity contribution is 5.89. The van der Waals surface area contributed by atoms with Gasteiger partial charge >= 0.3 is 6.09 Å². The standard InChI is InChI=1S/C22H23N7O2/c30-21-29(19-3-1-2-8-25-19)15-22(31-21)6-4-16(5-7-22)11-26-20-27-12-17(13-28-20)18-14-23-9-10-24-18/h1-3,8-10,12-14,16H,4-7,11,15H2,(H,26,27,28). The van der Waals surface area contributed by atoms with Gasteiger partial charge in [0.1, 0.15) is 11.4 Å². The lowest BCUT2D eigenvalue weighted by Crippen LogP contribution is -2.39. The molecule has 1 aliphatic heterocycles. The normalized spacial score (nSPS) is 23.0. The Kier molecular flexibility index (Phi) is 5.15. The first-order chi connectivity index (χ1) is 15.2. The predicted octanol–water partition coefficient (Wildman–Crippen LogP) is 3.33. The van der Waals surface area contributed by atoms with Gasteiger partial charge in [0.05, 0.1) is 18.4 Å². The van der Waals surface area contributed by atoms with E-state index in [1.807, 2.05) is 18.2 Å². The van der Waals surface area contributed by atoms with Gasteiger partial charge in [0, 0.05) is 43.1 Å². The van der Waals surface area contributed by atoms with Gasteiger partial charge in [-0.1, -0.05) is 6.07 Å². The third-order valence-corrected chi connectivity index (χ3v) is 5.97. The highest BCUT2D eigenvalue weighted by Crippen LogP contribution is 2.40. The fraction of sp³-hybridized carbons (Fsp3) is 0.364. The second-order valence-electron chi connectivity index (χ2n) is 8.04. The largest absolute Gasteiger partial charge is 0.441 e. The number of nitrogens with one attached hydrogen (secondary N) is 1. The van der Waals surface area contributed by atoms with Crippen LogP contribution in [0.1, 0.15) is 25.7 Å². The first-order valence-electron chi connectivity index (χ1n) is 10.4. The highest BCUT2D eigenvalue weighted by Gasteiger charge is 2.47. The fourth-order valence-electron chi connectivity index (χ4n) is 4.22. The Balaban J connectivity index is 1.14. The molecule has 1 N–H and O–H groups in total. The molecule has 9 heteroatoms. The van der Waals surface area contributed by atoms with Crippen molar-refractivity contribution in [3.05, 3.63) is 55.4 Å². The number of nitrogens with zero attached hydrogens (tertiary/aromatic N) is 6. The van der Waals surface area contributed by atoms with Crippen LogP contribution in [-0.4, -0.2) is 49.7 Å². The number of hydrogen-bond acceptors (Lipinski definition) is 8. The number of rotatable bonds is 5. The highest BCUT2D eigenvalue weighted by atomic mass is 16.6. The van der Waals surface area contributed by atoms with Crippen molar-refractivity contribution in [1.82, 2.24) is 24.9 Å². The van der Waals surface area contributed by atoms with Gasteiger partial charge in [-0.3, -0.25) is 14.9 Å². The molecule has 0 unspecified atom stereocenters. The molecular formula is C22H23N7O2. The van der Waals surface area contributed by atoms with E-state index in [1.165, 1.54) is 0 Å². The van der Waals surface area contributed by atoms with Gasteiger partial charge in [0.15, 0.2) is 0 Å². The SMILES string of the molecule is O=C1OC2(CCC(CNc3ncc(-c4cnccn4)cn3)CC2)CN1c1ccccn1. The van der Waals surface area contributed by atoms with Crippen LogP contribution in [-0.2, 0) is 4.74 Å². The molecule has 1 aliphatic carbocycles. The summed E-state index contributed by atoms with van der Waals surface area (Å²) in [7, 11) is 0. The van der Waals surface area contributed by atoms with E-state index in [-0.39, 0.29) is 6.09 Å². The molecular weight excluding hydrogens is 394 g/mol. The van der Waals surface area contributed by atoms with E-state index in [2.05, 4.69) is 30.2 Å². The molecule has 3 aromatic heterocycles. The average molecular weight is 417 g/mol. The number of anilines is 2. The van der Waals surface area contributed by atoms with Gasteiger partial charge in [-0.05, 0) is 43.7 Å². The lowest BCUT2D eigenvalue weighted by atomic mass is 9.78. The van der Waals surface area contributed by atoms with Crippen LogP contribution >= 0.6 is 0 Å². The Bertz CT molecular complexity index is 1020. The van der Waals surface area contributed by atoms with E-state index in [4.69, 9.17) is 4.74 Å². The molecule has 9 nitrogen and oxygen atoms in total. The summed E-state index contributed by atoms with van der Waals surface area (Å²) < 4.78 is 5.81. The molecule has 1 spiro atoms. The smallest absolute Gasteiger partial charge is 0.416 e. The third-order valence-electron chi connectivity index (χ3n) is 5.97. The molecule has 0 radical (unpaired) electrons.